The van der Waals surface area contributed by atoms with Gasteiger partial charge in [0, 0.05) is 11.4 Å². The fourth-order valence-electron chi connectivity index (χ4n) is 4.22. The van der Waals surface area contributed by atoms with Crippen LogP contribution in [0, 0.1) is 0 Å². The molecule has 0 saturated heterocycles. The number of hydrogen-bond donors (Lipinski definition) is 2. The highest BCUT2D eigenvalue weighted by atomic mass is 31.2. The van der Waals surface area contributed by atoms with Gasteiger partial charge >= 0.3 is 7.60 Å². The van der Waals surface area contributed by atoms with E-state index in [1.54, 1.807) is 7.05 Å². The molecule has 49 heavy (non-hydrogen) atoms. The van der Waals surface area contributed by atoms with Crippen molar-refractivity contribution in [3.63, 3.8) is 0 Å². The smallest absolute Gasteiger partial charge is 0.356 e. The predicted molar refractivity (Wildman–Crippen MR) is 212 cm³/mol. The Kier molecular flexibility index (Phi) is 17.9. The summed E-state index contributed by atoms with van der Waals surface area (Å²) < 4.78 is 36.4. The normalized spacial score (nSPS) is 14.4. The van der Waals surface area contributed by atoms with Crippen molar-refractivity contribution in [2.24, 2.45) is 0 Å². The van der Waals surface area contributed by atoms with E-state index in [0.29, 0.717) is 24.9 Å². The Labute approximate surface area is 300 Å². The lowest BCUT2D eigenvalue weighted by atomic mass is 10.1. The van der Waals surface area contributed by atoms with E-state index in [9.17, 15) is 9.36 Å². The molecule has 2 unspecified atom stereocenters. The van der Waals surface area contributed by atoms with Gasteiger partial charge in [-0.2, -0.15) is 0 Å². The molecule has 278 valence electrons. The third kappa shape index (κ3) is 14.6. The molecule has 0 radical (unpaired) electrons. The molecule has 0 fully saturated rings. The van der Waals surface area contributed by atoms with Crippen molar-refractivity contribution < 1.29 is 27.3 Å². The average Bonchev–Trinajstić information content (AvgIpc) is 3.00. The van der Waals surface area contributed by atoms with Gasteiger partial charge in [0.15, 0.2) is 0 Å². The monoisotopic (exact) mass is 734 g/mol. The largest absolute Gasteiger partial charge is 0.544 e. The van der Waals surface area contributed by atoms with Gasteiger partial charge in [0.2, 0.25) is 16.6 Å². The number of carbonyl (C=O) groups excluding carboxylic acids is 1. The molecule has 0 spiro atoms. The quantitative estimate of drug-likeness (QED) is 0.0943. The number of allylic oxidation sites excluding steroid dienone is 1. The first-order valence-electron chi connectivity index (χ1n) is 17.5. The minimum absolute atomic E-state index is 0.0244. The summed E-state index contributed by atoms with van der Waals surface area (Å²) in [6, 6.07) is 16.3. The van der Waals surface area contributed by atoms with Crippen molar-refractivity contribution in [3.8, 4) is 11.5 Å². The lowest BCUT2D eigenvalue weighted by Gasteiger charge is -2.36. The molecular weight excluding hydrogens is 668 g/mol. The lowest BCUT2D eigenvalue weighted by Crippen LogP contribution is -2.43. The third-order valence-electron chi connectivity index (χ3n) is 9.49. The first kappa shape index (κ1) is 45.0. The maximum Gasteiger partial charge on any atom is 0.356 e. The van der Waals surface area contributed by atoms with Crippen LogP contribution in [0.2, 0.25) is 36.3 Å². The number of nitrogens with one attached hydrogen (secondary N) is 2. The maximum atomic E-state index is 12.9. The van der Waals surface area contributed by atoms with E-state index in [1.165, 1.54) is 5.56 Å². The second-order valence-electron chi connectivity index (χ2n) is 15.5. The average molecular weight is 735 g/mol. The molecule has 0 heterocycles. The molecule has 8 nitrogen and oxygen atoms in total. The first-order chi connectivity index (χ1) is 22.6. The Morgan fingerprint density at radius 1 is 0.714 bits per heavy atom. The van der Waals surface area contributed by atoms with E-state index < -0.39 is 24.2 Å². The first-order valence-corrected chi connectivity index (χ1v) is 24.9. The topological polar surface area (TPSA) is 95.1 Å². The number of rotatable bonds is 17. The van der Waals surface area contributed by atoms with Crippen LogP contribution in [0.15, 0.2) is 59.9 Å². The molecule has 2 atom stereocenters. The number of carbonyl (C=O) groups is 1. The van der Waals surface area contributed by atoms with Crippen molar-refractivity contribution in [1.29, 1.82) is 0 Å². The zero-order valence-electron chi connectivity index (χ0n) is 33.2. The molecule has 0 amide bonds. The maximum absolute atomic E-state index is 12.9. The summed E-state index contributed by atoms with van der Waals surface area (Å²) in [5.74, 6) is 1.85. The zero-order valence-corrected chi connectivity index (χ0v) is 36.0. The number of aldehydes is 1. The van der Waals surface area contributed by atoms with Crippen LogP contribution in [0.4, 0.5) is 0 Å². The van der Waals surface area contributed by atoms with Crippen LogP contribution >= 0.6 is 7.60 Å². The molecule has 2 N–H and O–H groups in total. The standard InChI is InChI=1S/C22H40NO4PSi.C16H27NO2Si/c1-10-25-28(24,26-11-2)18(3)16-20(23-7)17-19-12-14-21(15-13-19)27-29(8,9)22(4,5)6;1-16(2,3)20(5,6)19-15-9-7-13(8-10-15)11-14(12-18)17-4/h12-16,20,23H,10-11,17H2,1-9H3;7-10,12,14,17H,11H2,1-6H3/b18-16+;. The van der Waals surface area contributed by atoms with Gasteiger partial charge < -0.3 is 33.3 Å². The van der Waals surface area contributed by atoms with Crippen molar-refractivity contribution in [3.05, 3.63) is 71.0 Å². The van der Waals surface area contributed by atoms with Crippen LogP contribution in [0.25, 0.3) is 0 Å². The highest BCUT2D eigenvalue weighted by molar-refractivity contribution is 7.58. The van der Waals surface area contributed by atoms with E-state index >= 15 is 0 Å². The van der Waals surface area contributed by atoms with Crippen LogP contribution in [-0.2, 0) is 31.2 Å². The summed E-state index contributed by atoms with van der Waals surface area (Å²) in [5.41, 5.74) is 2.32. The summed E-state index contributed by atoms with van der Waals surface area (Å²) in [6.45, 7) is 28.5. The Balaban J connectivity index is 0.000000524. The number of likely N-dealkylation sites (N-methyl/N-ethyl adjacent to an activating group) is 2. The zero-order chi connectivity index (χ0) is 37.7. The molecule has 0 bridgehead atoms. The number of benzene rings is 2. The van der Waals surface area contributed by atoms with Gasteiger partial charge in [-0.3, -0.25) is 4.57 Å². The predicted octanol–water partition coefficient (Wildman–Crippen LogP) is 9.77. The summed E-state index contributed by atoms with van der Waals surface area (Å²) >= 11 is 0. The van der Waals surface area contributed by atoms with E-state index in [2.05, 4.69) is 90.5 Å². The van der Waals surface area contributed by atoms with Crippen molar-refractivity contribution >= 4 is 30.5 Å². The Morgan fingerprint density at radius 2 is 1.06 bits per heavy atom. The van der Waals surface area contributed by atoms with E-state index in [0.717, 1.165) is 29.8 Å². The van der Waals surface area contributed by atoms with Gasteiger partial charge in [-0.25, -0.2) is 0 Å². The van der Waals surface area contributed by atoms with E-state index in [1.807, 2.05) is 70.3 Å². The fraction of sp³-hybridized carbons (Fsp3) is 0.605. The molecule has 0 aliphatic heterocycles. The second kappa shape index (κ2) is 19.5. The highest BCUT2D eigenvalue weighted by Crippen LogP contribution is 2.55. The summed E-state index contributed by atoms with van der Waals surface area (Å²) in [5, 5.41) is 7.26. The van der Waals surface area contributed by atoms with Crippen LogP contribution in [0.3, 0.4) is 0 Å². The molecule has 2 rings (SSSR count). The summed E-state index contributed by atoms with van der Waals surface area (Å²) in [4.78, 5) is 10.8. The van der Waals surface area contributed by atoms with Gasteiger partial charge in [-0.05, 0) is 119 Å². The van der Waals surface area contributed by atoms with Gasteiger partial charge in [-0.15, -0.1) is 0 Å². The molecule has 0 saturated carbocycles. The van der Waals surface area contributed by atoms with Gasteiger partial charge in [0.05, 0.1) is 19.3 Å². The Hall–Kier alpha value is -2.05. The Bertz CT molecular complexity index is 1340. The van der Waals surface area contributed by atoms with Crippen LogP contribution in [0.5, 0.6) is 11.5 Å². The molecule has 11 heteroatoms. The van der Waals surface area contributed by atoms with Crippen LogP contribution in [-0.4, -0.2) is 62.3 Å². The molecule has 0 aromatic heterocycles. The van der Waals surface area contributed by atoms with Crippen LogP contribution < -0.4 is 19.5 Å². The highest BCUT2D eigenvalue weighted by Gasteiger charge is 2.39. The Morgan fingerprint density at radius 3 is 1.35 bits per heavy atom. The third-order valence-corrected chi connectivity index (χ3v) is 20.4. The van der Waals surface area contributed by atoms with E-state index in [-0.39, 0.29) is 22.2 Å². The molecule has 0 aliphatic rings. The van der Waals surface area contributed by atoms with Crippen molar-refractivity contribution in [2.75, 3.05) is 27.3 Å². The minimum atomic E-state index is -3.22. The fourth-order valence-corrected chi connectivity index (χ4v) is 7.80. The summed E-state index contributed by atoms with van der Waals surface area (Å²) in [7, 11) is -3.14. The molecule has 2 aromatic carbocycles. The van der Waals surface area contributed by atoms with Gasteiger partial charge in [0.25, 0.3) is 0 Å². The minimum Gasteiger partial charge on any atom is -0.544 e. The molecule has 2 aromatic rings. The molecular formula is C38H67N2O6PSi2. The van der Waals surface area contributed by atoms with Crippen molar-refractivity contribution in [1.82, 2.24) is 10.6 Å². The summed E-state index contributed by atoms with van der Waals surface area (Å²) in [6.07, 6.45) is 4.37. The van der Waals surface area contributed by atoms with Crippen LogP contribution in [0.1, 0.15) is 73.4 Å². The van der Waals surface area contributed by atoms with Gasteiger partial charge in [0.1, 0.15) is 17.8 Å². The SMILES string of the molecule is CCOP(=O)(OCC)/C(C)=C/C(Cc1ccc(O[Si](C)(C)C(C)(C)C)cc1)NC.CNC(C=O)Cc1ccc(O[Si](C)(C)C(C)(C)C)cc1. The van der Waals surface area contributed by atoms with E-state index in [4.69, 9.17) is 17.9 Å². The van der Waals surface area contributed by atoms with Crippen molar-refractivity contribution in [2.45, 2.75) is 124 Å². The van der Waals surface area contributed by atoms with Gasteiger partial charge in [-0.1, -0.05) is 71.9 Å². The second-order valence-corrected chi connectivity index (χ2v) is 27.2. The lowest BCUT2D eigenvalue weighted by molar-refractivity contribution is -0.109. The molecule has 0 aliphatic carbocycles. The number of hydrogen-bond acceptors (Lipinski definition) is 8.